The number of likely N-dealkylation sites (tertiary alicyclic amines) is 1. The van der Waals surface area contributed by atoms with Crippen molar-refractivity contribution in [3.63, 3.8) is 0 Å². The van der Waals surface area contributed by atoms with E-state index in [4.69, 9.17) is 5.11 Å². The lowest BCUT2D eigenvalue weighted by Gasteiger charge is -2.31. The standard InChI is InChI=1S/C19H24N2O2S/c22-19(23)17-4-1-3-16(11-17)13-20-12-15-6-8-21(9-7-15)14-18-5-2-10-24-18/h1-5,10-11,15,20H,6-9,12-14H2,(H,22,23). The van der Waals surface area contributed by atoms with Crippen molar-refractivity contribution < 1.29 is 9.90 Å². The highest BCUT2D eigenvalue weighted by atomic mass is 32.1. The summed E-state index contributed by atoms with van der Waals surface area (Å²) in [4.78, 5) is 15.0. The molecule has 0 radical (unpaired) electrons. The molecule has 128 valence electrons. The van der Waals surface area contributed by atoms with Crippen LogP contribution in [0.3, 0.4) is 0 Å². The van der Waals surface area contributed by atoms with Crippen LogP contribution in [0, 0.1) is 5.92 Å². The Bertz CT molecular complexity index is 649. The van der Waals surface area contributed by atoms with Crippen molar-refractivity contribution in [2.24, 2.45) is 5.92 Å². The average Bonchev–Trinajstić information content (AvgIpc) is 3.10. The number of thiophene rings is 1. The molecule has 0 spiro atoms. The van der Waals surface area contributed by atoms with Crippen molar-refractivity contribution in [2.45, 2.75) is 25.9 Å². The van der Waals surface area contributed by atoms with E-state index in [1.165, 1.54) is 30.8 Å². The Balaban J connectivity index is 1.37. The first-order valence-electron chi connectivity index (χ1n) is 8.48. The molecule has 1 aromatic carbocycles. The molecule has 2 aromatic rings. The normalized spacial score (nSPS) is 16.3. The third-order valence-electron chi connectivity index (χ3n) is 4.60. The molecule has 2 N–H and O–H groups in total. The van der Waals surface area contributed by atoms with E-state index in [9.17, 15) is 4.79 Å². The van der Waals surface area contributed by atoms with Gasteiger partial charge in [0.2, 0.25) is 0 Å². The minimum atomic E-state index is -0.866. The Hall–Kier alpha value is -1.69. The molecule has 1 aliphatic heterocycles. The van der Waals surface area contributed by atoms with E-state index in [2.05, 4.69) is 27.7 Å². The molecule has 0 bridgehead atoms. The number of carbonyl (C=O) groups is 1. The van der Waals surface area contributed by atoms with E-state index in [0.29, 0.717) is 11.5 Å². The predicted octanol–water partition coefficient (Wildman–Crippen LogP) is 3.45. The molecule has 5 heteroatoms. The summed E-state index contributed by atoms with van der Waals surface area (Å²) < 4.78 is 0. The van der Waals surface area contributed by atoms with E-state index < -0.39 is 5.97 Å². The van der Waals surface area contributed by atoms with Gasteiger partial charge in [0.25, 0.3) is 0 Å². The van der Waals surface area contributed by atoms with Gasteiger partial charge in [-0.05, 0) is 67.5 Å². The van der Waals surface area contributed by atoms with Crippen LogP contribution >= 0.6 is 11.3 Å². The van der Waals surface area contributed by atoms with Gasteiger partial charge in [0.1, 0.15) is 0 Å². The van der Waals surface area contributed by atoms with Crippen molar-refractivity contribution in [3.05, 3.63) is 57.8 Å². The second-order valence-electron chi connectivity index (χ2n) is 6.44. The molecule has 1 saturated heterocycles. The summed E-state index contributed by atoms with van der Waals surface area (Å²) >= 11 is 1.84. The zero-order valence-electron chi connectivity index (χ0n) is 13.8. The van der Waals surface area contributed by atoms with Crippen LogP contribution in [0.4, 0.5) is 0 Å². The van der Waals surface area contributed by atoms with Crippen molar-refractivity contribution in [3.8, 4) is 0 Å². The third-order valence-corrected chi connectivity index (χ3v) is 5.46. The molecule has 0 saturated carbocycles. The lowest BCUT2D eigenvalue weighted by Crippen LogP contribution is -2.36. The fraction of sp³-hybridized carbons (Fsp3) is 0.421. The number of piperidine rings is 1. The van der Waals surface area contributed by atoms with Crippen LogP contribution in [-0.2, 0) is 13.1 Å². The van der Waals surface area contributed by atoms with Crippen molar-refractivity contribution >= 4 is 17.3 Å². The van der Waals surface area contributed by atoms with Crippen molar-refractivity contribution in [2.75, 3.05) is 19.6 Å². The second-order valence-corrected chi connectivity index (χ2v) is 7.47. The molecule has 2 heterocycles. The lowest BCUT2D eigenvalue weighted by atomic mass is 9.96. The number of hydrogen-bond acceptors (Lipinski definition) is 4. The number of nitrogens with one attached hydrogen (secondary N) is 1. The summed E-state index contributed by atoms with van der Waals surface area (Å²) in [6.45, 7) is 5.15. The molecular weight excluding hydrogens is 320 g/mol. The molecule has 1 aromatic heterocycles. The highest BCUT2D eigenvalue weighted by Gasteiger charge is 2.19. The molecule has 3 rings (SSSR count). The molecule has 0 aliphatic carbocycles. The number of nitrogens with zero attached hydrogens (tertiary/aromatic N) is 1. The lowest BCUT2D eigenvalue weighted by molar-refractivity contribution is 0.0696. The highest BCUT2D eigenvalue weighted by Crippen LogP contribution is 2.20. The van der Waals surface area contributed by atoms with Gasteiger partial charge >= 0.3 is 5.97 Å². The van der Waals surface area contributed by atoms with E-state index in [1.807, 2.05) is 23.5 Å². The van der Waals surface area contributed by atoms with E-state index in [1.54, 1.807) is 12.1 Å². The predicted molar refractivity (Wildman–Crippen MR) is 97.4 cm³/mol. The molecule has 4 nitrogen and oxygen atoms in total. The zero-order chi connectivity index (χ0) is 16.8. The Morgan fingerprint density at radius 1 is 1.25 bits per heavy atom. The first kappa shape index (κ1) is 17.1. The Morgan fingerprint density at radius 2 is 2.08 bits per heavy atom. The molecule has 1 fully saturated rings. The summed E-state index contributed by atoms with van der Waals surface area (Å²) in [5.41, 5.74) is 1.39. The summed E-state index contributed by atoms with van der Waals surface area (Å²) in [5, 5.41) is 14.7. The fourth-order valence-electron chi connectivity index (χ4n) is 3.21. The van der Waals surface area contributed by atoms with Gasteiger partial charge in [-0.2, -0.15) is 0 Å². The van der Waals surface area contributed by atoms with Gasteiger partial charge in [0.15, 0.2) is 0 Å². The van der Waals surface area contributed by atoms with Gasteiger partial charge in [-0.1, -0.05) is 18.2 Å². The van der Waals surface area contributed by atoms with Gasteiger partial charge in [-0.3, -0.25) is 4.90 Å². The van der Waals surface area contributed by atoms with Gasteiger partial charge in [0.05, 0.1) is 5.56 Å². The molecule has 0 amide bonds. The third kappa shape index (κ3) is 4.90. The maximum absolute atomic E-state index is 11.0. The molecule has 0 unspecified atom stereocenters. The SMILES string of the molecule is O=C(O)c1cccc(CNCC2CCN(Cc3cccs3)CC2)c1. The number of rotatable bonds is 7. The number of carboxylic acids is 1. The topological polar surface area (TPSA) is 52.6 Å². The first-order chi connectivity index (χ1) is 11.7. The van der Waals surface area contributed by atoms with Gasteiger partial charge < -0.3 is 10.4 Å². The summed E-state index contributed by atoms with van der Waals surface area (Å²) in [7, 11) is 0. The van der Waals surface area contributed by atoms with E-state index in [-0.39, 0.29) is 0 Å². The Morgan fingerprint density at radius 3 is 2.79 bits per heavy atom. The van der Waals surface area contributed by atoms with Gasteiger partial charge in [-0.25, -0.2) is 4.79 Å². The maximum Gasteiger partial charge on any atom is 0.335 e. The first-order valence-corrected chi connectivity index (χ1v) is 9.36. The number of hydrogen-bond donors (Lipinski definition) is 2. The average molecular weight is 344 g/mol. The Kier molecular flexibility index (Phi) is 6.01. The smallest absolute Gasteiger partial charge is 0.335 e. The number of carboxylic acid groups (broad SMARTS) is 1. The van der Waals surface area contributed by atoms with Crippen LogP contribution in [0.5, 0.6) is 0 Å². The highest BCUT2D eigenvalue weighted by molar-refractivity contribution is 7.09. The molecule has 24 heavy (non-hydrogen) atoms. The largest absolute Gasteiger partial charge is 0.478 e. The van der Waals surface area contributed by atoms with Crippen LogP contribution < -0.4 is 5.32 Å². The number of aromatic carboxylic acids is 1. The van der Waals surface area contributed by atoms with Crippen LogP contribution in [-0.4, -0.2) is 35.6 Å². The Labute approximate surface area is 147 Å². The van der Waals surface area contributed by atoms with Crippen LogP contribution in [0.25, 0.3) is 0 Å². The second kappa shape index (κ2) is 8.42. The van der Waals surface area contributed by atoms with E-state index in [0.717, 1.165) is 25.2 Å². The molecule has 0 atom stereocenters. The summed E-state index contributed by atoms with van der Waals surface area (Å²) in [6, 6.07) is 11.5. The minimum absolute atomic E-state index is 0.358. The van der Waals surface area contributed by atoms with Crippen LogP contribution in [0.2, 0.25) is 0 Å². The van der Waals surface area contributed by atoms with Crippen LogP contribution in [0.1, 0.15) is 33.6 Å². The number of benzene rings is 1. The minimum Gasteiger partial charge on any atom is -0.478 e. The zero-order valence-corrected chi connectivity index (χ0v) is 14.6. The molecule has 1 aliphatic rings. The fourth-order valence-corrected chi connectivity index (χ4v) is 3.95. The molecular formula is C19H24N2O2S. The summed E-state index contributed by atoms with van der Waals surface area (Å²) in [6.07, 6.45) is 2.46. The van der Waals surface area contributed by atoms with Crippen molar-refractivity contribution in [1.82, 2.24) is 10.2 Å². The van der Waals surface area contributed by atoms with Gasteiger partial charge in [-0.15, -0.1) is 11.3 Å². The van der Waals surface area contributed by atoms with Gasteiger partial charge in [0, 0.05) is 18.0 Å². The maximum atomic E-state index is 11.0. The summed E-state index contributed by atoms with van der Waals surface area (Å²) in [5.74, 6) is -0.151. The van der Waals surface area contributed by atoms with Crippen molar-refractivity contribution in [1.29, 1.82) is 0 Å². The quantitative estimate of drug-likeness (QED) is 0.808. The van der Waals surface area contributed by atoms with Crippen LogP contribution in [0.15, 0.2) is 41.8 Å². The monoisotopic (exact) mass is 344 g/mol. The van der Waals surface area contributed by atoms with E-state index >= 15 is 0 Å².